The molecular formula is C14H24N2O3. The Hall–Kier alpha value is -1.52. The fourth-order valence-electron chi connectivity index (χ4n) is 2.70. The number of carboxylic acid groups (broad SMARTS) is 1. The third kappa shape index (κ3) is 3.49. The number of carboxylic acids is 1. The second-order valence-corrected chi connectivity index (χ2v) is 4.93. The van der Waals surface area contributed by atoms with Gasteiger partial charge in [-0.2, -0.15) is 0 Å². The van der Waals surface area contributed by atoms with Gasteiger partial charge in [-0.1, -0.05) is 25.5 Å². The van der Waals surface area contributed by atoms with Crippen LogP contribution in [0.25, 0.3) is 0 Å². The molecule has 2 amide bonds. The highest BCUT2D eigenvalue weighted by Gasteiger charge is 2.49. The van der Waals surface area contributed by atoms with E-state index >= 15 is 0 Å². The van der Waals surface area contributed by atoms with Gasteiger partial charge < -0.3 is 15.3 Å². The van der Waals surface area contributed by atoms with Gasteiger partial charge in [0, 0.05) is 13.1 Å². The molecule has 19 heavy (non-hydrogen) atoms. The summed E-state index contributed by atoms with van der Waals surface area (Å²) < 4.78 is 0. The number of aliphatic carboxylic acids is 1. The smallest absolute Gasteiger partial charge is 0.329 e. The zero-order chi connectivity index (χ0) is 14.3. The molecule has 0 radical (unpaired) electrons. The number of nitrogens with one attached hydrogen (secondary N) is 1. The molecule has 1 aliphatic heterocycles. The quantitative estimate of drug-likeness (QED) is 0.574. The summed E-state index contributed by atoms with van der Waals surface area (Å²) in [5, 5.41) is 12.3. The van der Waals surface area contributed by atoms with Crippen molar-refractivity contribution in [1.29, 1.82) is 0 Å². The summed E-state index contributed by atoms with van der Waals surface area (Å²) >= 11 is 0. The average Bonchev–Trinajstić information content (AvgIpc) is 2.80. The molecular weight excluding hydrogens is 244 g/mol. The van der Waals surface area contributed by atoms with Crippen molar-refractivity contribution in [2.45, 2.75) is 51.5 Å². The molecule has 5 nitrogen and oxygen atoms in total. The molecule has 0 aromatic heterocycles. The number of rotatable bonds is 6. The molecule has 0 saturated carbocycles. The zero-order valence-electron chi connectivity index (χ0n) is 11.8. The Kier molecular flexibility index (Phi) is 5.86. The topological polar surface area (TPSA) is 69.6 Å². The molecule has 1 heterocycles. The molecule has 2 N–H and O–H groups in total. The molecule has 1 unspecified atom stereocenters. The van der Waals surface area contributed by atoms with E-state index in [-0.39, 0.29) is 6.03 Å². The summed E-state index contributed by atoms with van der Waals surface area (Å²) in [6, 6.07) is -0.252. The number of carbonyl (C=O) groups is 2. The van der Waals surface area contributed by atoms with Crippen LogP contribution < -0.4 is 5.32 Å². The van der Waals surface area contributed by atoms with Crippen LogP contribution in [0.3, 0.4) is 0 Å². The van der Waals surface area contributed by atoms with E-state index in [4.69, 9.17) is 0 Å². The highest BCUT2D eigenvalue weighted by atomic mass is 16.4. The Bertz CT molecular complexity index is 355. The van der Waals surface area contributed by atoms with Gasteiger partial charge in [-0.05, 0) is 32.6 Å². The van der Waals surface area contributed by atoms with Crippen LogP contribution in [-0.4, -0.2) is 40.6 Å². The monoisotopic (exact) mass is 268 g/mol. The molecule has 1 atom stereocenters. The van der Waals surface area contributed by atoms with Gasteiger partial charge in [0.2, 0.25) is 0 Å². The molecule has 0 bridgehead atoms. The summed E-state index contributed by atoms with van der Waals surface area (Å²) in [4.78, 5) is 25.2. The normalized spacial score (nSPS) is 22.9. The van der Waals surface area contributed by atoms with Crippen molar-refractivity contribution >= 4 is 12.0 Å². The van der Waals surface area contributed by atoms with Crippen molar-refractivity contribution in [3.8, 4) is 0 Å². The van der Waals surface area contributed by atoms with E-state index in [1.54, 1.807) is 0 Å². The Morgan fingerprint density at radius 2 is 2.21 bits per heavy atom. The van der Waals surface area contributed by atoms with Gasteiger partial charge in [0.1, 0.15) is 5.54 Å². The van der Waals surface area contributed by atoms with E-state index in [0.717, 1.165) is 19.3 Å². The van der Waals surface area contributed by atoms with Gasteiger partial charge >= 0.3 is 12.0 Å². The first-order valence-corrected chi connectivity index (χ1v) is 6.98. The van der Waals surface area contributed by atoms with Gasteiger partial charge in [-0.15, -0.1) is 0 Å². The maximum Gasteiger partial charge on any atom is 0.329 e. The van der Waals surface area contributed by atoms with Crippen LogP contribution >= 0.6 is 0 Å². The number of amides is 2. The van der Waals surface area contributed by atoms with Crippen molar-refractivity contribution in [3.63, 3.8) is 0 Å². The molecule has 108 valence electrons. The van der Waals surface area contributed by atoms with Crippen LogP contribution in [0.15, 0.2) is 12.2 Å². The number of likely N-dealkylation sites (tertiary alicyclic amines) is 1. The lowest BCUT2D eigenvalue weighted by Gasteiger charge is -2.34. The van der Waals surface area contributed by atoms with Crippen LogP contribution in [0.1, 0.15) is 46.0 Å². The highest BCUT2D eigenvalue weighted by molar-refractivity contribution is 5.87. The van der Waals surface area contributed by atoms with Crippen molar-refractivity contribution in [2.75, 3.05) is 13.1 Å². The first kappa shape index (κ1) is 15.5. The number of hydrogen-bond donors (Lipinski definition) is 2. The minimum Gasteiger partial charge on any atom is -0.479 e. The van der Waals surface area contributed by atoms with E-state index in [2.05, 4.69) is 5.32 Å². The largest absolute Gasteiger partial charge is 0.479 e. The Morgan fingerprint density at radius 3 is 2.79 bits per heavy atom. The SMILES string of the molecule is C/C=C/CCNC(=O)N1CCCC1(CCC)C(=O)O. The van der Waals surface area contributed by atoms with E-state index in [1.807, 2.05) is 26.0 Å². The van der Waals surface area contributed by atoms with Gasteiger partial charge in [0.05, 0.1) is 0 Å². The van der Waals surface area contributed by atoms with Gasteiger partial charge in [-0.3, -0.25) is 0 Å². The number of nitrogens with zero attached hydrogens (tertiary/aromatic N) is 1. The maximum atomic E-state index is 12.1. The van der Waals surface area contributed by atoms with Crippen LogP contribution in [-0.2, 0) is 4.79 Å². The predicted molar refractivity (Wildman–Crippen MR) is 74.0 cm³/mol. The van der Waals surface area contributed by atoms with Crippen LogP contribution in [0.5, 0.6) is 0 Å². The highest BCUT2D eigenvalue weighted by Crippen LogP contribution is 2.33. The number of carbonyl (C=O) groups excluding carboxylic acids is 1. The summed E-state index contributed by atoms with van der Waals surface area (Å²) in [6.45, 7) is 4.95. The first-order valence-electron chi connectivity index (χ1n) is 6.98. The average molecular weight is 268 g/mol. The molecule has 0 aromatic carbocycles. The molecule has 0 aromatic rings. The van der Waals surface area contributed by atoms with E-state index in [1.165, 1.54) is 4.90 Å². The minimum atomic E-state index is -1.00. The Labute approximate surface area is 114 Å². The lowest BCUT2D eigenvalue weighted by Crippen LogP contribution is -2.56. The van der Waals surface area contributed by atoms with Crippen LogP contribution in [0.2, 0.25) is 0 Å². The zero-order valence-corrected chi connectivity index (χ0v) is 11.8. The van der Waals surface area contributed by atoms with Crippen LogP contribution in [0.4, 0.5) is 4.79 Å². The summed E-state index contributed by atoms with van der Waals surface area (Å²) in [6.07, 6.45) is 7.26. The first-order chi connectivity index (χ1) is 9.08. The molecule has 5 heteroatoms. The number of urea groups is 1. The van der Waals surface area contributed by atoms with Crippen molar-refractivity contribution in [2.24, 2.45) is 0 Å². The molecule has 1 fully saturated rings. The lowest BCUT2D eigenvalue weighted by molar-refractivity contribution is -0.148. The predicted octanol–water partition coefficient (Wildman–Crippen LogP) is 2.38. The van der Waals surface area contributed by atoms with E-state index in [9.17, 15) is 14.7 Å². The summed E-state index contributed by atoms with van der Waals surface area (Å²) in [7, 11) is 0. The lowest BCUT2D eigenvalue weighted by atomic mass is 9.91. The van der Waals surface area contributed by atoms with E-state index < -0.39 is 11.5 Å². The van der Waals surface area contributed by atoms with Gasteiger partial charge in [0.25, 0.3) is 0 Å². The second kappa shape index (κ2) is 7.16. The van der Waals surface area contributed by atoms with Gasteiger partial charge in [-0.25, -0.2) is 9.59 Å². The van der Waals surface area contributed by atoms with Crippen molar-refractivity contribution in [3.05, 3.63) is 12.2 Å². The fraction of sp³-hybridized carbons (Fsp3) is 0.714. The Balaban J connectivity index is 2.68. The molecule has 1 aliphatic rings. The molecule has 1 saturated heterocycles. The Morgan fingerprint density at radius 1 is 1.47 bits per heavy atom. The number of allylic oxidation sites excluding steroid dienone is 1. The summed E-state index contributed by atoms with van der Waals surface area (Å²) in [5.41, 5.74) is -1.00. The second-order valence-electron chi connectivity index (χ2n) is 4.93. The third-order valence-electron chi connectivity index (χ3n) is 3.62. The van der Waals surface area contributed by atoms with Gasteiger partial charge in [0.15, 0.2) is 0 Å². The summed E-state index contributed by atoms with van der Waals surface area (Å²) in [5.74, 6) is -0.879. The van der Waals surface area contributed by atoms with E-state index in [0.29, 0.717) is 25.9 Å². The fourth-order valence-corrected chi connectivity index (χ4v) is 2.70. The third-order valence-corrected chi connectivity index (χ3v) is 3.62. The molecule has 0 aliphatic carbocycles. The van der Waals surface area contributed by atoms with Crippen molar-refractivity contribution < 1.29 is 14.7 Å². The maximum absolute atomic E-state index is 12.1. The molecule has 0 spiro atoms. The number of hydrogen-bond acceptors (Lipinski definition) is 2. The van der Waals surface area contributed by atoms with Crippen molar-refractivity contribution in [1.82, 2.24) is 10.2 Å². The minimum absolute atomic E-state index is 0.252. The standard InChI is InChI=1S/C14H24N2O3/c1-3-5-6-10-15-13(19)16-11-7-9-14(16,8-4-2)12(17)18/h3,5H,4,6-11H2,1-2H3,(H,15,19)(H,17,18)/b5-3+. The van der Waals surface area contributed by atoms with Crippen LogP contribution in [0, 0.1) is 0 Å². The molecule has 1 rings (SSSR count).